The van der Waals surface area contributed by atoms with Gasteiger partial charge in [0.1, 0.15) is 17.3 Å². The zero-order valence-corrected chi connectivity index (χ0v) is 13.8. The monoisotopic (exact) mass is 378 g/mol. The molecule has 0 atom stereocenters. The molecule has 0 aliphatic rings. The minimum absolute atomic E-state index is 0.133. The zero-order valence-electron chi connectivity index (χ0n) is 12.2. The first-order valence-electron chi connectivity index (χ1n) is 6.92. The first kappa shape index (κ1) is 15.7. The topological polar surface area (TPSA) is 36.1 Å². The fourth-order valence-corrected chi connectivity index (χ4v) is 2.82. The number of hydrogen-bond donors (Lipinski definition) is 1. The largest absolute Gasteiger partial charge is 0.351 e. The van der Waals surface area contributed by atoms with Gasteiger partial charge in [-0.1, -0.05) is 15.9 Å². The van der Waals surface area contributed by atoms with Crippen molar-refractivity contribution in [2.24, 2.45) is 0 Å². The number of H-pyrrole nitrogens is 1. The number of carbonyl (C=O) groups excluding carboxylic acids is 1. The maximum Gasteiger partial charge on any atom is 0.270 e. The van der Waals surface area contributed by atoms with E-state index < -0.39 is 0 Å². The third-order valence-corrected chi connectivity index (χ3v) is 4.07. The van der Waals surface area contributed by atoms with Crippen LogP contribution in [0.2, 0.25) is 0 Å². The van der Waals surface area contributed by atoms with Gasteiger partial charge in [-0.3, -0.25) is 4.79 Å². The highest BCUT2D eigenvalue weighted by atomic mass is 79.9. The Kier molecular flexibility index (Phi) is 4.17. The Morgan fingerprint density at radius 1 is 1.17 bits per heavy atom. The quantitative estimate of drug-likeness (QED) is 0.716. The molecule has 0 saturated heterocycles. The predicted octanol–water partition coefficient (Wildman–Crippen LogP) is 4.48. The van der Waals surface area contributed by atoms with Crippen molar-refractivity contribution in [2.45, 2.75) is 6.54 Å². The number of hydrogen-bond acceptors (Lipinski definition) is 1. The summed E-state index contributed by atoms with van der Waals surface area (Å²) in [7, 11) is 1.59. The van der Waals surface area contributed by atoms with E-state index in [0.717, 1.165) is 4.47 Å². The van der Waals surface area contributed by atoms with Crippen LogP contribution in [0.25, 0.3) is 10.9 Å². The van der Waals surface area contributed by atoms with Crippen molar-refractivity contribution in [3.05, 3.63) is 69.8 Å². The molecule has 6 heteroatoms. The minimum atomic E-state index is -0.369. The summed E-state index contributed by atoms with van der Waals surface area (Å²) in [5, 5.41) is 0.621. The molecule has 0 saturated carbocycles. The van der Waals surface area contributed by atoms with Gasteiger partial charge in [-0.25, -0.2) is 8.78 Å². The van der Waals surface area contributed by atoms with Gasteiger partial charge in [0.2, 0.25) is 0 Å². The van der Waals surface area contributed by atoms with Gasteiger partial charge in [0.25, 0.3) is 5.91 Å². The van der Waals surface area contributed by atoms with E-state index in [4.69, 9.17) is 0 Å². The van der Waals surface area contributed by atoms with Crippen molar-refractivity contribution in [1.82, 2.24) is 9.88 Å². The maximum atomic E-state index is 13.8. The van der Waals surface area contributed by atoms with Crippen LogP contribution < -0.4 is 0 Å². The Balaban J connectivity index is 1.84. The number of nitrogens with zero attached hydrogens (tertiary/aromatic N) is 1. The number of amides is 1. The Labute approximate surface area is 140 Å². The van der Waals surface area contributed by atoms with Crippen molar-refractivity contribution in [1.29, 1.82) is 0 Å². The Morgan fingerprint density at radius 2 is 1.96 bits per heavy atom. The van der Waals surface area contributed by atoms with Gasteiger partial charge < -0.3 is 9.88 Å². The summed E-state index contributed by atoms with van der Waals surface area (Å²) < 4.78 is 27.8. The van der Waals surface area contributed by atoms with Gasteiger partial charge in [-0.2, -0.15) is 0 Å². The molecule has 0 radical (unpaired) electrons. The number of aromatic nitrogens is 1. The predicted molar refractivity (Wildman–Crippen MR) is 88.2 cm³/mol. The highest BCUT2D eigenvalue weighted by Crippen LogP contribution is 2.20. The van der Waals surface area contributed by atoms with Gasteiger partial charge >= 0.3 is 0 Å². The number of carbonyl (C=O) groups is 1. The lowest BCUT2D eigenvalue weighted by molar-refractivity contribution is 0.0779. The summed E-state index contributed by atoms with van der Waals surface area (Å²) in [6.07, 6.45) is 0. The Morgan fingerprint density at radius 3 is 2.74 bits per heavy atom. The van der Waals surface area contributed by atoms with Crippen molar-refractivity contribution in [3.63, 3.8) is 0 Å². The molecule has 23 heavy (non-hydrogen) atoms. The lowest BCUT2D eigenvalue weighted by Gasteiger charge is -2.17. The highest BCUT2D eigenvalue weighted by molar-refractivity contribution is 9.10. The SMILES string of the molecule is CN(Cc1cc(Br)ccc1F)C(=O)c1cc2cc(F)ccc2[nH]1. The van der Waals surface area contributed by atoms with Crippen LogP contribution in [0.4, 0.5) is 8.78 Å². The minimum Gasteiger partial charge on any atom is -0.351 e. The Bertz CT molecular complexity index is 891. The number of nitrogens with one attached hydrogen (secondary N) is 1. The van der Waals surface area contributed by atoms with Crippen molar-refractivity contribution in [2.75, 3.05) is 7.05 Å². The van der Waals surface area contributed by atoms with Crippen molar-refractivity contribution < 1.29 is 13.6 Å². The molecule has 0 aliphatic heterocycles. The van der Waals surface area contributed by atoms with Crippen molar-refractivity contribution in [3.8, 4) is 0 Å². The summed E-state index contributed by atoms with van der Waals surface area (Å²) in [5.74, 6) is -1.02. The van der Waals surface area contributed by atoms with E-state index in [1.807, 2.05) is 0 Å². The smallest absolute Gasteiger partial charge is 0.270 e. The lowest BCUT2D eigenvalue weighted by Crippen LogP contribution is -2.26. The molecule has 2 aromatic carbocycles. The lowest BCUT2D eigenvalue weighted by atomic mass is 10.2. The first-order chi connectivity index (χ1) is 10.9. The number of rotatable bonds is 3. The zero-order chi connectivity index (χ0) is 16.6. The average Bonchev–Trinajstić information content (AvgIpc) is 2.93. The molecule has 1 amide bonds. The second-order valence-corrected chi connectivity index (χ2v) is 6.23. The van der Waals surface area contributed by atoms with Gasteiger partial charge in [0.15, 0.2) is 0 Å². The molecule has 0 unspecified atom stereocenters. The van der Waals surface area contributed by atoms with E-state index in [2.05, 4.69) is 20.9 Å². The third-order valence-electron chi connectivity index (χ3n) is 3.58. The van der Waals surface area contributed by atoms with Crippen molar-refractivity contribution >= 4 is 32.7 Å². The van der Waals surface area contributed by atoms with Gasteiger partial charge in [0.05, 0.1) is 0 Å². The summed E-state index contributed by atoms with van der Waals surface area (Å²) >= 11 is 3.29. The standard InChI is InChI=1S/C17H13BrF2N2O/c1-22(9-11-6-12(18)2-4-14(11)20)17(23)16-8-10-7-13(19)3-5-15(10)21-16/h2-8,21H,9H2,1H3. The molecule has 1 aromatic heterocycles. The Hall–Kier alpha value is -2.21. The molecule has 3 rings (SSSR count). The third kappa shape index (κ3) is 3.27. The summed E-state index contributed by atoms with van der Waals surface area (Å²) in [4.78, 5) is 16.8. The molecule has 3 aromatic rings. The first-order valence-corrected chi connectivity index (χ1v) is 7.71. The molecular formula is C17H13BrF2N2O. The van der Waals surface area contributed by atoms with Crippen LogP contribution in [-0.4, -0.2) is 22.8 Å². The van der Waals surface area contributed by atoms with Crippen LogP contribution in [0.1, 0.15) is 16.1 Å². The fraction of sp³-hybridized carbons (Fsp3) is 0.118. The molecule has 3 nitrogen and oxygen atoms in total. The maximum absolute atomic E-state index is 13.8. The van der Waals surface area contributed by atoms with Crippen LogP contribution in [0.3, 0.4) is 0 Å². The molecule has 0 fully saturated rings. The summed E-state index contributed by atoms with van der Waals surface area (Å²) in [5.41, 5.74) is 1.43. The normalized spacial score (nSPS) is 11.0. The van der Waals surface area contributed by atoms with Crippen LogP contribution in [-0.2, 0) is 6.54 Å². The highest BCUT2D eigenvalue weighted by Gasteiger charge is 2.16. The van der Waals surface area contributed by atoms with Crippen LogP contribution in [0, 0.1) is 11.6 Å². The molecular weight excluding hydrogens is 366 g/mol. The second-order valence-electron chi connectivity index (χ2n) is 5.31. The van der Waals surface area contributed by atoms with Crippen LogP contribution in [0.15, 0.2) is 46.9 Å². The number of fused-ring (bicyclic) bond motifs is 1. The molecule has 0 spiro atoms. The van der Waals surface area contributed by atoms with Gasteiger partial charge in [-0.05, 0) is 42.5 Å². The molecule has 0 bridgehead atoms. The van der Waals surface area contributed by atoms with Crippen LogP contribution in [0.5, 0.6) is 0 Å². The molecule has 1 N–H and O–H groups in total. The summed E-state index contributed by atoms with van der Waals surface area (Å²) in [6, 6.07) is 10.4. The fourth-order valence-electron chi connectivity index (χ4n) is 2.42. The number of benzene rings is 2. The second kappa shape index (κ2) is 6.12. The van der Waals surface area contributed by atoms with E-state index >= 15 is 0 Å². The van der Waals surface area contributed by atoms with E-state index in [0.29, 0.717) is 22.2 Å². The molecule has 0 aliphatic carbocycles. The van der Waals surface area contributed by atoms with E-state index in [9.17, 15) is 13.6 Å². The van der Waals surface area contributed by atoms with Gasteiger partial charge in [-0.15, -0.1) is 0 Å². The van der Waals surface area contributed by atoms with E-state index in [1.165, 1.54) is 23.1 Å². The number of halogens is 3. The van der Waals surface area contributed by atoms with Crippen LogP contribution >= 0.6 is 15.9 Å². The number of aromatic amines is 1. The molecule has 1 heterocycles. The molecule has 118 valence electrons. The summed E-state index contributed by atoms with van der Waals surface area (Å²) in [6.45, 7) is 0.133. The van der Waals surface area contributed by atoms with Gasteiger partial charge in [0, 0.05) is 34.5 Å². The van der Waals surface area contributed by atoms with E-state index in [1.54, 1.807) is 31.3 Å². The average molecular weight is 379 g/mol. The van der Waals surface area contributed by atoms with E-state index in [-0.39, 0.29) is 24.1 Å².